The maximum absolute atomic E-state index is 10.5. The van der Waals surface area contributed by atoms with Crippen molar-refractivity contribution < 1.29 is 9.53 Å². The van der Waals surface area contributed by atoms with Gasteiger partial charge >= 0.3 is 0 Å². The molecule has 76 valence electrons. The molecule has 0 amide bonds. The summed E-state index contributed by atoms with van der Waals surface area (Å²) in [5.74, 6) is 0. The zero-order valence-corrected chi connectivity index (χ0v) is 8.55. The molecule has 0 aromatic rings. The minimum Gasteiger partial charge on any atom is -0.362 e. The Kier molecular flexibility index (Phi) is 4.43. The van der Waals surface area contributed by atoms with Crippen LogP contribution in [0.2, 0.25) is 0 Å². The summed E-state index contributed by atoms with van der Waals surface area (Å²) in [7, 11) is 0. The molecule has 1 aliphatic rings. The van der Waals surface area contributed by atoms with Gasteiger partial charge in [0, 0.05) is 0 Å². The van der Waals surface area contributed by atoms with Gasteiger partial charge in [-0.1, -0.05) is 45.4 Å². The second-order valence-corrected chi connectivity index (χ2v) is 3.99. The Bertz CT molecular complexity index is 150. The van der Waals surface area contributed by atoms with Crippen LogP contribution in [0.25, 0.3) is 0 Å². The smallest absolute Gasteiger partial charge is 0.154 e. The molecule has 1 heterocycles. The molecule has 0 bridgehead atoms. The number of hydrogen-bond acceptors (Lipinski definition) is 2. The van der Waals surface area contributed by atoms with E-state index in [4.69, 9.17) is 4.74 Å². The molecule has 13 heavy (non-hydrogen) atoms. The molecule has 0 N–H and O–H groups in total. The molecule has 1 saturated heterocycles. The first-order valence-electron chi connectivity index (χ1n) is 5.43. The third-order valence-electron chi connectivity index (χ3n) is 2.68. The van der Waals surface area contributed by atoms with Gasteiger partial charge < -0.3 is 9.53 Å². The largest absolute Gasteiger partial charge is 0.362 e. The molecule has 0 aromatic carbocycles. The van der Waals surface area contributed by atoms with E-state index in [1.807, 2.05) is 0 Å². The second kappa shape index (κ2) is 5.38. The van der Waals surface area contributed by atoms with Gasteiger partial charge in [-0.25, -0.2) is 0 Å². The van der Waals surface area contributed by atoms with Gasteiger partial charge in [-0.2, -0.15) is 0 Å². The summed E-state index contributed by atoms with van der Waals surface area (Å²) in [4.78, 5) is 10.5. The number of epoxide rings is 1. The van der Waals surface area contributed by atoms with Crippen molar-refractivity contribution in [2.45, 2.75) is 57.5 Å². The number of ether oxygens (including phenoxy) is 1. The van der Waals surface area contributed by atoms with E-state index in [9.17, 15) is 4.79 Å². The van der Waals surface area contributed by atoms with Crippen molar-refractivity contribution in [1.82, 2.24) is 0 Å². The average molecular weight is 184 g/mol. The molecule has 1 aliphatic heterocycles. The lowest BCUT2D eigenvalue weighted by atomic mass is 10.0. The molecule has 0 aromatic heterocycles. The third kappa shape index (κ3) is 3.90. The maximum atomic E-state index is 10.5. The van der Waals surface area contributed by atoms with Crippen LogP contribution in [0, 0.1) is 0 Å². The van der Waals surface area contributed by atoms with Crippen LogP contribution in [0.1, 0.15) is 51.9 Å². The minimum absolute atomic E-state index is 0.343. The van der Waals surface area contributed by atoms with Crippen LogP contribution < -0.4 is 0 Å². The van der Waals surface area contributed by atoms with Crippen LogP contribution in [0.15, 0.2) is 0 Å². The van der Waals surface area contributed by atoms with E-state index >= 15 is 0 Å². The highest BCUT2D eigenvalue weighted by Gasteiger charge is 2.43. The summed E-state index contributed by atoms with van der Waals surface area (Å²) >= 11 is 0. The minimum atomic E-state index is -0.343. The van der Waals surface area contributed by atoms with Crippen LogP contribution >= 0.6 is 0 Å². The number of unbranched alkanes of at least 4 members (excludes halogenated alkanes) is 5. The lowest BCUT2D eigenvalue weighted by Gasteiger charge is -2.02. The first-order chi connectivity index (χ1) is 6.33. The van der Waals surface area contributed by atoms with Gasteiger partial charge in [-0.05, 0) is 6.42 Å². The summed E-state index contributed by atoms with van der Waals surface area (Å²) < 4.78 is 5.10. The number of rotatable bonds is 8. The molecule has 2 nitrogen and oxygen atoms in total. The van der Waals surface area contributed by atoms with E-state index in [0.717, 1.165) is 19.1 Å². The zero-order valence-electron chi connectivity index (χ0n) is 8.55. The van der Waals surface area contributed by atoms with Crippen molar-refractivity contribution in [3.8, 4) is 0 Å². The topological polar surface area (TPSA) is 29.6 Å². The molecule has 0 radical (unpaired) electrons. The lowest BCUT2D eigenvalue weighted by molar-refractivity contribution is -0.112. The molecule has 0 aliphatic carbocycles. The first kappa shape index (κ1) is 10.7. The monoisotopic (exact) mass is 184 g/mol. The molecule has 0 saturated carbocycles. The van der Waals surface area contributed by atoms with Gasteiger partial charge in [-0.3, -0.25) is 0 Å². The average Bonchev–Trinajstić information content (AvgIpc) is 2.92. The third-order valence-corrected chi connectivity index (χ3v) is 2.68. The highest BCUT2D eigenvalue weighted by molar-refractivity contribution is 5.66. The van der Waals surface area contributed by atoms with Crippen molar-refractivity contribution in [3.05, 3.63) is 0 Å². The highest BCUT2D eigenvalue weighted by atomic mass is 16.6. The van der Waals surface area contributed by atoms with Crippen LogP contribution in [0.4, 0.5) is 0 Å². The van der Waals surface area contributed by atoms with Crippen molar-refractivity contribution in [2.24, 2.45) is 0 Å². The van der Waals surface area contributed by atoms with E-state index in [1.165, 1.54) is 32.1 Å². The Morgan fingerprint density at radius 3 is 2.38 bits per heavy atom. The highest BCUT2D eigenvalue weighted by Crippen LogP contribution is 2.30. The summed E-state index contributed by atoms with van der Waals surface area (Å²) in [6.45, 7) is 2.88. The van der Waals surface area contributed by atoms with Gasteiger partial charge in [-0.15, -0.1) is 0 Å². The van der Waals surface area contributed by atoms with E-state index in [2.05, 4.69) is 6.92 Å². The van der Waals surface area contributed by atoms with Crippen molar-refractivity contribution in [1.29, 1.82) is 0 Å². The van der Waals surface area contributed by atoms with E-state index < -0.39 is 0 Å². The van der Waals surface area contributed by atoms with Gasteiger partial charge in [0.25, 0.3) is 0 Å². The van der Waals surface area contributed by atoms with E-state index in [-0.39, 0.29) is 5.60 Å². The lowest BCUT2D eigenvalue weighted by Crippen LogP contribution is -2.11. The number of aldehydes is 1. The Labute approximate surface area is 80.7 Å². The summed E-state index contributed by atoms with van der Waals surface area (Å²) in [6.07, 6.45) is 9.58. The molecular weight excluding hydrogens is 164 g/mol. The predicted octanol–water partition coefficient (Wildman–Crippen LogP) is 2.70. The number of hydrogen-bond donors (Lipinski definition) is 0. The Morgan fingerprint density at radius 1 is 1.23 bits per heavy atom. The molecule has 1 atom stereocenters. The molecule has 2 heteroatoms. The van der Waals surface area contributed by atoms with Crippen LogP contribution in [-0.4, -0.2) is 18.5 Å². The molecule has 1 rings (SSSR count). The van der Waals surface area contributed by atoms with Gasteiger partial charge in [0.2, 0.25) is 0 Å². The number of carbonyl (C=O) groups excluding carboxylic acids is 1. The van der Waals surface area contributed by atoms with Crippen LogP contribution in [0.5, 0.6) is 0 Å². The number of carbonyl (C=O) groups is 1. The van der Waals surface area contributed by atoms with Gasteiger partial charge in [0.1, 0.15) is 5.60 Å². The van der Waals surface area contributed by atoms with Crippen molar-refractivity contribution in [3.63, 3.8) is 0 Å². The summed E-state index contributed by atoms with van der Waals surface area (Å²) in [5, 5.41) is 0. The van der Waals surface area contributed by atoms with Crippen molar-refractivity contribution in [2.75, 3.05) is 6.61 Å². The quantitative estimate of drug-likeness (QED) is 0.330. The Balaban J connectivity index is 1.87. The second-order valence-electron chi connectivity index (χ2n) is 3.99. The fourth-order valence-electron chi connectivity index (χ4n) is 1.57. The molecular formula is C11H20O2. The van der Waals surface area contributed by atoms with Crippen molar-refractivity contribution >= 4 is 6.29 Å². The standard InChI is InChI=1S/C11H20O2/c1-2-3-4-5-6-7-8-11(9-12)10-13-11/h9H,2-8,10H2,1H3/t11-/m0/s1. The van der Waals surface area contributed by atoms with Crippen LogP contribution in [-0.2, 0) is 9.53 Å². The predicted molar refractivity (Wildman–Crippen MR) is 52.7 cm³/mol. The molecule has 0 spiro atoms. The Morgan fingerprint density at radius 2 is 1.85 bits per heavy atom. The maximum Gasteiger partial charge on any atom is 0.154 e. The van der Waals surface area contributed by atoms with E-state index in [1.54, 1.807) is 0 Å². The fourth-order valence-corrected chi connectivity index (χ4v) is 1.57. The van der Waals surface area contributed by atoms with Crippen LogP contribution in [0.3, 0.4) is 0 Å². The molecule has 1 fully saturated rings. The summed E-state index contributed by atoms with van der Waals surface area (Å²) in [5.41, 5.74) is -0.343. The van der Waals surface area contributed by atoms with Gasteiger partial charge in [0.05, 0.1) is 6.61 Å². The zero-order chi connectivity index (χ0) is 9.57. The normalized spacial score (nSPS) is 25.9. The van der Waals surface area contributed by atoms with Gasteiger partial charge in [0.15, 0.2) is 6.29 Å². The first-order valence-corrected chi connectivity index (χ1v) is 5.43. The van der Waals surface area contributed by atoms with E-state index in [0.29, 0.717) is 6.61 Å². The molecule has 0 unspecified atom stereocenters. The fraction of sp³-hybridized carbons (Fsp3) is 0.909. The SMILES string of the molecule is CCCCCCCC[C@]1(C=O)CO1. The summed E-state index contributed by atoms with van der Waals surface area (Å²) in [6, 6.07) is 0. The Hall–Kier alpha value is -0.370.